The largest absolute Gasteiger partial charge is 0.480 e. The smallest absolute Gasteiger partial charge is 0.326 e. The van der Waals surface area contributed by atoms with Crippen molar-refractivity contribution in [3.63, 3.8) is 0 Å². The van der Waals surface area contributed by atoms with Gasteiger partial charge in [0.25, 0.3) is 0 Å². The van der Waals surface area contributed by atoms with Crippen molar-refractivity contribution in [1.29, 1.82) is 0 Å². The Hall–Kier alpha value is -2.20. The van der Waals surface area contributed by atoms with E-state index < -0.39 is 48.4 Å². The monoisotopic (exact) mass is 373 g/mol. The van der Waals surface area contributed by atoms with E-state index in [9.17, 15) is 19.2 Å². The average Bonchev–Trinajstić information content (AvgIpc) is 2.56. The highest BCUT2D eigenvalue weighted by Crippen LogP contribution is 2.01. The van der Waals surface area contributed by atoms with E-state index in [4.69, 9.17) is 16.6 Å². The minimum atomic E-state index is -1.15. The summed E-state index contributed by atoms with van der Waals surface area (Å²) >= 11 is 0. The van der Waals surface area contributed by atoms with Gasteiger partial charge in [-0.25, -0.2) is 4.79 Å². The number of carbonyl (C=O) groups is 4. The average molecular weight is 373 g/mol. The zero-order valence-electron chi connectivity index (χ0n) is 15.6. The van der Waals surface area contributed by atoms with Crippen LogP contribution in [-0.4, -0.2) is 60.0 Å². The maximum Gasteiger partial charge on any atom is 0.326 e. The number of hydrogen-bond donors (Lipinski definition) is 6. The number of carboxylic acids is 1. The third-order valence-corrected chi connectivity index (χ3v) is 3.73. The van der Waals surface area contributed by atoms with Gasteiger partial charge >= 0.3 is 5.97 Å². The van der Waals surface area contributed by atoms with E-state index in [-0.39, 0.29) is 5.92 Å². The lowest BCUT2D eigenvalue weighted by molar-refractivity contribution is -0.143. The molecule has 8 N–H and O–H groups in total. The second-order valence-electron chi connectivity index (χ2n) is 6.47. The van der Waals surface area contributed by atoms with Crippen LogP contribution in [0.2, 0.25) is 0 Å². The van der Waals surface area contributed by atoms with E-state index in [2.05, 4.69) is 16.0 Å². The maximum absolute atomic E-state index is 11.9. The van der Waals surface area contributed by atoms with Crippen LogP contribution in [0.15, 0.2) is 0 Å². The lowest BCUT2D eigenvalue weighted by Crippen LogP contribution is -2.52. The fourth-order valence-corrected chi connectivity index (χ4v) is 2.08. The first kappa shape index (κ1) is 23.8. The summed E-state index contributed by atoms with van der Waals surface area (Å²) in [5.41, 5.74) is 11.1. The SMILES string of the molecule is CC(NC(=O)C(N)CCCCN)C(=O)NCC(=O)NC(C(=O)O)C(C)C. The number of carbonyl (C=O) groups excluding carboxylic acids is 3. The van der Waals surface area contributed by atoms with Crippen molar-refractivity contribution in [2.45, 2.75) is 58.2 Å². The Balaban J connectivity index is 4.31. The Kier molecular flexibility index (Phi) is 11.2. The van der Waals surface area contributed by atoms with Crippen LogP contribution < -0.4 is 27.4 Å². The maximum atomic E-state index is 11.9. The normalized spacial score (nSPS) is 14.2. The highest BCUT2D eigenvalue weighted by molar-refractivity contribution is 5.92. The fourth-order valence-electron chi connectivity index (χ4n) is 2.08. The molecule has 3 unspecified atom stereocenters. The van der Waals surface area contributed by atoms with Crippen LogP contribution in [0, 0.1) is 5.92 Å². The van der Waals surface area contributed by atoms with Crippen LogP contribution in [0.1, 0.15) is 40.0 Å². The van der Waals surface area contributed by atoms with E-state index in [0.717, 1.165) is 6.42 Å². The molecule has 0 saturated carbocycles. The van der Waals surface area contributed by atoms with Crippen molar-refractivity contribution in [2.75, 3.05) is 13.1 Å². The summed E-state index contributed by atoms with van der Waals surface area (Å²) in [6, 6.07) is -2.65. The molecule has 150 valence electrons. The third-order valence-electron chi connectivity index (χ3n) is 3.73. The number of carboxylic acid groups (broad SMARTS) is 1. The minimum absolute atomic E-state index is 0.300. The summed E-state index contributed by atoms with van der Waals surface area (Å²) in [4.78, 5) is 46.6. The van der Waals surface area contributed by atoms with Gasteiger partial charge < -0.3 is 32.5 Å². The Labute approximate surface area is 153 Å². The van der Waals surface area contributed by atoms with Gasteiger partial charge in [0, 0.05) is 0 Å². The minimum Gasteiger partial charge on any atom is -0.480 e. The molecule has 0 aromatic heterocycles. The van der Waals surface area contributed by atoms with Gasteiger partial charge in [-0.15, -0.1) is 0 Å². The molecule has 3 atom stereocenters. The molecule has 10 nitrogen and oxygen atoms in total. The predicted molar refractivity (Wildman–Crippen MR) is 95.9 cm³/mol. The standard InChI is InChI=1S/C16H31N5O5/c1-9(2)13(16(25)26)21-12(22)8-19-14(23)10(3)20-15(24)11(18)6-4-5-7-17/h9-11,13H,4-8,17-18H2,1-3H3,(H,19,23)(H,20,24)(H,21,22)(H,25,26). The second kappa shape index (κ2) is 12.2. The summed E-state index contributed by atoms with van der Waals surface area (Å²) < 4.78 is 0. The summed E-state index contributed by atoms with van der Waals surface area (Å²) in [5, 5.41) is 16.2. The first-order valence-electron chi connectivity index (χ1n) is 8.66. The predicted octanol–water partition coefficient (Wildman–Crippen LogP) is -1.71. The van der Waals surface area contributed by atoms with Crippen molar-refractivity contribution >= 4 is 23.7 Å². The van der Waals surface area contributed by atoms with Gasteiger partial charge in [0.2, 0.25) is 17.7 Å². The first-order chi connectivity index (χ1) is 12.1. The van der Waals surface area contributed by atoms with Crippen molar-refractivity contribution in [1.82, 2.24) is 16.0 Å². The van der Waals surface area contributed by atoms with Crippen LogP contribution in [0.3, 0.4) is 0 Å². The number of amides is 3. The molecule has 0 aromatic rings. The molecule has 0 aliphatic rings. The number of aliphatic carboxylic acids is 1. The van der Waals surface area contributed by atoms with Crippen molar-refractivity contribution in [3.05, 3.63) is 0 Å². The fraction of sp³-hybridized carbons (Fsp3) is 0.750. The molecule has 0 radical (unpaired) electrons. The molecule has 0 aromatic carbocycles. The van der Waals surface area contributed by atoms with Gasteiger partial charge in [0.15, 0.2) is 0 Å². The van der Waals surface area contributed by atoms with Gasteiger partial charge in [0.1, 0.15) is 12.1 Å². The number of nitrogens with one attached hydrogen (secondary N) is 3. The molecule has 0 aliphatic heterocycles. The molecule has 0 fully saturated rings. The Bertz CT molecular complexity index is 497. The molecule has 0 spiro atoms. The Morgan fingerprint density at radius 1 is 1.00 bits per heavy atom. The van der Waals surface area contributed by atoms with E-state index in [0.29, 0.717) is 19.4 Å². The molecule has 0 aliphatic carbocycles. The van der Waals surface area contributed by atoms with Gasteiger partial charge in [-0.1, -0.05) is 20.3 Å². The van der Waals surface area contributed by atoms with E-state index >= 15 is 0 Å². The molecule has 0 bridgehead atoms. The molecule has 3 amide bonds. The van der Waals surface area contributed by atoms with Crippen LogP contribution in [0.25, 0.3) is 0 Å². The highest BCUT2D eigenvalue weighted by atomic mass is 16.4. The van der Waals surface area contributed by atoms with Crippen molar-refractivity contribution < 1.29 is 24.3 Å². The lowest BCUT2D eigenvalue weighted by atomic mass is 10.1. The van der Waals surface area contributed by atoms with Gasteiger partial charge in [-0.3, -0.25) is 14.4 Å². The summed E-state index contributed by atoms with van der Waals surface area (Å²) in [6.07, 6.45) is 1.94. The Morgan fingerprint density at radius 3 is 2.12 bits per heavy atom. The summed E-state index contributed by atoms with van der Waals surface area (Å²) in [7, 11) is 0. The number of rotatable bonds is 12. The van der Waals surface area contributed by atoms with E-state index in [1.54, 1.807) is 13.8 Å². The third kappa shape index (κ3) is 9.33. The zero-order valence-corrected chi connectivity index (χ0v) is 15.6. The topological polar surface area (TPSA) is 177 Å². The lowest BCUT2D eigenvalue weighted by Gasteiger charge is -2.19. The molecular weight excluding hydrogens is 342 g/mol. The quantitative estimate of drug-likeness (QED) is 0.221. The number of hydrogen-bond acceptors (Lipinski definition) is 6. The van der Waals surface area contributed by atoms with Gasteiger partial charge in [-0.05, 0) is 32.2 Å². The molecule has 26 heavy (non-hydrogen) atoms. The molecule has 0 rings (SSSR count). The summed E-state index contributed by atoms with van der Waals surface area (Å²) in [5.74, 6) is -3.11. The van der Waals surface area contributed by atoms with Crippen molar-refractivity contribution in [3.8, 4) is 0 Å². The first-order valence-corrected chi connectivity index (χ1v) is 8.66. The molecule has 10 heteroatoms. The summed E-state index contributed by atoms with van der Waals surface area (Å²) in [6.45, 7) is 4.91. The molecule has 0 saturated heterocycles. The van der Waals surface area contributed by atoms with Crippen LogP contribution in [-0.2, 0) is 19.2 Å². The van der Waals surface area contributed by atoms with E-state index in [1.165, 1.54) is 6.92 Å². The zero-order chi connectivity index (χ0) is 20.3. The highest BCUT2D eigenvalue weighted by Gasteiger charge is 2.24. The second-order valence-corrected chi connectivity index (χ2v) is 6.47. The molecular formula is C16H31N5O5. The van der Waals surface area contributed by atoms with E-state index in [1.807, 2.05) is 0 Å². The van der Waals surface area contributed by atoms with Crippen molar-refractivity contribution in [2.24, 2.45) is 17.4 Å². The van der Waals surface area contributed by atoms with Crippen LogP contribution in [0.4, 0.5) is 0 Å². The van der Waals surface area contributed by atoms with Crippen LogP contribution in [0.5, 0.6) is 0 Å². The number of unbranched alkanes of at least 4 members (excludes halogenated alkanes) is 1. The Morgan fingerprint density at radius 2 is 1.62 bits per heavy atom. The number of nitrogens with two attached hydrogens (primary N) is 2. The van der Waals surface area contributed by atoms with Gasteiger partial charge in [-0.2, -0.15) is 0 Å². The molecule has 0 heterocycles. The van der Waals surface area contributed by atoms with Crippen LogP contribution >= 0.6 is 0 Å². The van der Waals surface area contributed by atoms with Gasteiger partial charge in [0.05, 0.1) is 12.6 Å².